The lowest BCUT2D eigenvalue weighted by molar-refractivity contribution is -0.133. The van der Waals surface area contributed by atoms with E-state index in [0.717, 1.165) is 11.3 Å². The summed E-state index contributed by atoms with van der Waals surface area (Å²) in [4.78, 5) is 13.9. The molecule has 1 heterocycles. The number of hydrogen-bond acceptors (Lipinski definition) is 4. The maximum Gasteiger partial charge on any atom is 0.260 e. The van der Waals surface area contributed by atoms with Gasteiger partial charge in [0.05, 0.1) is 6.54 Å². The SMILES string of the molecule is Cc1cc(OCC(=O)N(C)CC2COc3ccccc3O2)ccc1Cl. The maximum absolute atomic E-state index is 12.3. The highest BCUT2D eigenvalue weighted by atomic mass is 35.5. The Hall–Kier alpha value is -2.40. The van der Waals surface area contributed by atoms with E-state index in [0.29, 0.717) is 29.7 Å². The van der Waals surface area contributed by atoms with Gasteiger partial charge in [0.15, 0.2) is 24.2 Å². The van der Waals surface area contributed by atoms with Gasteiger partial charge in [-0.3, -0.25) is 4.79 Å². The highest BCUT2D eigenvalue weighted by Crippen LogP contribution is 2.31. The molecule has 0 aliphatic carbocycles. The molecule has 1 amide bonds. The molecule has 132 valence electrons. The number of amides is 1. The van der Waals surface area contributed by atoms with Crippen molar-refractivity contribution in [3.8, 4) is 17.2 Å². The minimum atomic E-state index is -0.207. The fraction of sp³-hybridized carbons (Fsp3) is 0.316. The number of nitrogens with zero attached hydrogens (tertiary/aromatic N) is 1. The quantitative estimate of drug-likeness (QED) is 0.819. The van der Waals surface area contributed by atoms with Crippen LogP contribution in [0, 0.1) is 6.92 Å². The zero-order chi connectivity index (χ0) is 17.8. The van der Waals surface area contributed by atoms with Gasteiger partial charge < -0.3 is 19.1 Å². The summed E-state index contributed by atoms with van der Waals surface area (Å²) in [7, 11) is 1.72. The molecule has 1 aliphatic rings. The molecule has 2 aromatic carbocycles. The smallest absolute Gasteiger partial charge is 0.260 e. The van der Waals surface area contributed by atoms with Gasteiger partial charge >= 0.3 is 0 Å². The van der Waals surface area contributed by atoms with E-state index in [2.05, 4.69) is 0 Å². The number of para-hydroxylation sites is 2. The third kappa shape index (κ3) is 4.37. The molecule has 2 aromatic rings. The normalized spacial score (nSPS) is 15.6. The summed E-state index contributed by atoms with van der Waals surface area (Å²) in [5.74, 6) is 1.92. The molecule has 0 saturated heterocycles. The molecule has 1 atom stereocenters. The van der Waals surface area contributed by atoms with E-state index in [4.69, 9.17) is 25.8 Å². The monoisotopic (exact) mass is 361 g/mol. The Labute approximate surface area is 152 Å². The Balaban J connectivity index is 1.50. The topological polar surface area (TPSA) is 48.0 Å². The zero-order valence-electron chi connectivity index (χ0n) is 14.2. The molecule has 25 heavy (non-hydrogen) atoms. The fourth-order valence-corrected chi connectivity index (χ4v) is 2.64. The molecule has 6 heteroatoms. The van der Waals surface area contributed by atoms with Crippen molar-refractivity contribution < 1.29 is 19.0 Å². The first-order chi connectivity index (χ1) is 12.0. The van der Waals surface area contributed by atoms with Crippen LogP contribution in [0.1, 0.15) is 5.56 Å². The highest BCUT2D eigenvalue weighted by molar-refractivity contribution is 6.31. The number of likely N-dealkylation sites (N-methyl/N-ethyl adjacent to an activating group) is 1. The predicted octanol–water partition coefficient (Wildman–Crippen LogP) is 3.33. The second kappa shape index (κ2) is 7.66. The average Bonchev–Trinajstić information content (AvgIpc) is 2.62. The van der Waals surface area contributed by atoms with Crippen LogP contribution >= 0.6 is 11.6 Å². The van der Waals surface area contributed by atoms with E-state index in [9.17, 15) is 4.79 Å². The van der Waals surface area contributed by atoms with Gasteiger partial charge in [0.25, 0.3) is 5.91 Å². The summed E-state index contributed by atoms with van der Waals surface area (Å²) in [5, 5.41) is 0.672. The van der Waals surface area contributed by atoms with E-state index >= 15 is 0 Å². The molecule has 0 N–H and O–H groups in total. The van der Waals surface area contributed by atoms with E-state index in [1.807, 2.05) is 37.3 Å². The van der Waals surface area contributed by atoms with Crippen LogP contribution in [0.15, 0.2) is 42.5 Å². The third-order valence-corrected chi connectivity index (χ3v) is 4.39. The Morgan fingerprint density at radius 2 is 2.04 bits per heavy atom. The number of carbonyl (C=O) groups excluding carboxylic acids is 1. The molecule has 0 radical (unpaired) electrons. The van der Waals surface area contributed by atoms with Crippen molar-refractivity contribution in [2.24, 2.45) is 0 Å². The molecule has 3 rings (SSSR count). The lowest BCUT2D eigenvalue weighted by Crippen LogP contribution is -2.43. The summed E-state index contributed by atoms with van der Waals surface area (Å²) in [5.41, 5.74) is 0.909. The van der Waals surface area contributed by atoms with Gasteiger partial charge in [-0.1, -0.05) is 23.7 Å². The first kappa shape index (κ1) is 17.4. The van der Waals surface area contributed by atoms with Crippen molar-refractivity contribution in [2.75, 3.05) is 26.8 Å². The Morgan fingerprint density at radius 3 is 2.80 bits per heavy atom. The van der Waals surface area contributed by atoms with Gasteiger partial charge in [-0.15, -0.1) is 0 Å². The van der Waals surface area contributed by atoms with Crippen LogP contribution in [0.3, 0.4) is 0 Å². The largest absolute Gasteiger partial charge is 0.486 e. The van der Waals surface area contributed by atoms with Gasteiger partial charge in [0.1, 0.15) is 12.4 Å². The molecule has 1 unspecified atom stereocenters. The lowest BCUT2D eigenvalue weighted by atomic mass is 10.2. The number of hydrogen-bond donors (Lipinski definition) is 0. The van der Waals surface area contributed by atoms with Crippen LogP contribution in [0.25, 0.3) is 0 Å². The van der Waals surface area contributed by atoms with Crippen LogP contribution in [0.2, 0.25) is 5.02 Å². The minimum Gasteiger partial charge on any atom is -0.486 e. The van der Waals surface area contributed by atoms with E-state index in [-0.39, 0.29) is 18.6 Å². The molecule has 0 bridgehead atoms. The molecular formula is C19H20ClNO4. The summed E-state index contributed by atoms with van der Waals surface area (Å²) < 4.78 is 17.1. The van der Waals surface area contributed by atoms with Crippen LogP contribution in [-0.4, -0.2) is 43.7 Å². The Bertz CT molecular complexity index is 765. The highest BCUT2D eigenvalue weighted by Gasteiger charge is 2.23. The molecule has 0 aromatic heterocycles. The summed E-state index contributed by atoms with van der Waals surface area (Å²) in [6, 6.07) is 12.8. The van der Waals surface area contributed by atoms with Gasteiger partial charge in [-0.2, -0.15) is 0 Å². The Kier molecular flexibility index (Phi) is 5.34. The molecular weight excluding hydrogens is 342 g/mol. The van der Waals surface area contributed by atoms with E-state index < -0.39 is 0 Å². The number of ether oxygens (including phenoxy) is 3. The van der Waals surface area contributed by atoms with Crippen LogP contribution in [0.4, 0.5) is 0 Å². The van der Waals surface area contributed by atoms with Crippen molar-refractivity contribution >= 4 is 17.5 Å². The van der Waals surface area contributed by atoms with Crippen molar-refractivity contribution in [1.82, 2.24) is 4.90 Å². The average molecular weight is 362 g/mol. The third-order valence-electron chi connectivity index (χ3n) is 3.96. The van der Waals surface area contributed by atoms with Gasteiger partial charge in [-0.25, -0.2) is 0 Å². The van der Waals surface area contributed by atoms with Gasteiger partial charge in [-0.05, 0) is 42.8 Å². The molecule has 5 nitrogen and oxygen atoms in total. The molecule has 0 fully saturated rings. The number of carbonyl (C=O) groups is 1. The number of rotatable bonds is 5. The number of benzene rings is 2. The standard InChI is InChI=1S/C19H20ClNO4/c1-13-9-14(7-8-16(13)20)23-12-19(22)21(2)10-15-11-24-17-5-3-4-6-18(17)25-15/h3-9,15H,10-12H2,1-2H3. The predicted molar refractivity (Wildman–Crippen MR) is 95.7 cm³/mol. The van der Waals surface area contributed by atoms with Crippen molar-refractivity contribution in [1.29, 1.82) is 0 Å². The molecule has 1 aliphatic heterocycles. The fourth-order valence-electron chi connectivity index (χ4n) is 2.52. The first-order valence-electron chi connectivity index (χ1n) is 8.04. The molecule has 0 spiro atoms. The van der Waals surface area contributed by atoms with Crippen LogP contribution < -0.4 is 14.2 Å². The minimum absolute atomic E-state index is 0.0399. The molecule has 0 saturated carbocycles. The number of aryl methyl sites for hydroxylation is 1. The maximum atomic E-state index is 12.3. The number of halogens is 1. The van der Waals surface area contributed by atoms with Gasteiger partial charge in [0.2, 0.25) is 0 Å². The van der Waals surface area contributed by atoms with Crippen molar-refractivity contribution in [3.05, 3.63) is 53.1 Å². The Morgan fingerprint density at radius 1 is 1.28 bits per heavy atom. The second-order valence-electron chi connectivity index (χ2n) is 5.97. The van der Waals surface area contributed by atoms with E-state index in [1.54, 1.807) is 24.1 Å². The summed E-state index contributed by atoms with van der Waals surface area (Å²) in [6.45, 7) is 2.69. The summed E-state index contributed by atoms with van der Waals surface area (Å²) in [6.07, 6.45) is -0.207. The first-order valence-corrected chi connectivity index (χ1v) is 8.42. The van der Waals surface area contributed by atoms with Crippen LogP contribution in [0.5, 0.6) is 17.2 Å². The van der Waals surface area contributed by atoms with Crippen molar-refractivity contribution in [2.45, 2.75) is 13.0 Å². The number of fused-ring (bicyclic) bond motifs is 1. The van der Waals surface area contributed by atoms with Gasteiger partial charge in [0, 0.05) is 12.1 Å². The lowest BCUT2D eigenvalue weighted by Gasteiger charge is -2.29. The van der Waals surface area contributed by atoms with E-state index in [1.165, 1.54) is 0 Å². The van der Waals surface area contributed by atoms with Crippen molar-refractivity contribution in [3.63, 3.8) is 0 Å². The second-order valence-corrected chi connectivity index (χ2v) is 6.38. The summed E-state index contributed by atoms with van der Waals surface area (Å²) >= 11 is 5.98. The zero-order valence-corrected chi connectivity index (χ0v) is 15.0. The van der Waals surface area contributed by atoms with Crippen LogP contribution in [-0.2, 0) is 4.79 Å².